The van der Waals surface area contributed by atoms with Crippen molar-refractivity contribution in [3.8, 4) is 0 Å². The van der Waals surface area contributed by atoms with E-state index in [1.165, 1.54) is 31.4 Å². The highest BCUT2D eigenvalue weighted by Gasteiger charge is 2.37. The van der Waals surface area contributed by atoms with E-state index in [0.717, 1.165) is 32.1 Å². The van der Waals surface area contributed by atoms with Gasteiger partial charge in [-0.1, -0.05) is 30.3 Å². The van der Waals surface area contributed by atoms with E-state index >= 15 is 0 Å². The molecule has 2 unspecified atom stereocenters. The summed E-state index contributed by atoms with van der Waals surface area (Å²) < 4.78 is 0. The summed E-state index contributed by atoms with van der Waals surface area (Å²) in [7, 11) is 1.69. The van der Waals surface area contributed by atoms with Crippen LogP contribution in [0, 0.1) is 11.3 Å². The highest BCUT2D eigenvalue weighted by atomic mass is 16.2. The van der Waals surface area contributed by atoms with Gasteiger partial charge in [0.05, 0.1) is 12.0 Å². The van der Waals surface area contributed by atoms with Crippen LogP contribution < -0.4 is 10.6 Å². The maximum Gasteiger partial charge on any atom is 0.227 e. The van der Waals surface area contributed by atoms with E-state index in [1.807, 2.05) is 13.8 Å². The second kappa shape index (κ2) is 10.3. The lowest BCUT2D eigenvalue weighted by molar-refractivity contribution is -0.128. The monoisotopic (exact) mass is 413 g/mol. The van der Waals surface area contributed by atoms with Crippen LogP contribution in [0.2, 0.25) is 0 Å². The number of aliphatic imine (C=N–C) groups is 1. The summed E-state index contributed by atoms with van der Waals surface area (Å²) in [6.45, 7) is 11.6. The van der Waals surface area contributed by atoms with Gasteiger partial charge >= 0.3 is 0 Å². The van der Waals surface area contributed by atoms with Gasteiger partial charge in [-0.2, -0.15) is 0 Å². The van der Waals surface area contributed by atoms with Gasteiger partial charge in [0.1, 0.15) is 0 Å². The van der Waals surface area contributed by atoms with Crippen molar-refractivity contribution < 1.29 is 4.79 Å². The molecule has 0 aliphatic carbocycles. The van der Waals surface area contributed by atoms with E-state index in [9.17, 15) is 4.79 Å². The normalized spacial score (nSPS) is 23.1. The summed E-state index contributed by atoms with van der Waals surface area (Å²) in [6, 6.07) is 11.5. The number of rotatable bonds is 6. The summed E-state index contributed by atoms with van der Waals surface area (Å²) in [6.07, 6.45) is 3.72. The van der Waals surface area contributed by atoms with Gasteiger partial charge < -0.3 is 15.5 Å². The molecular weight excluding hydrogens is 374 g/mol. The predicted octanol–water partition coefficient (Wildman–Crippen LogP) is 2.71. The molecule has 2 aliphatic rings. The molecule has 0 aromatic heterocycles. The first kappa shape index (κ1) is 22.6. The molecule has 2 fully saturated rings. The lowest BCUT2D eigenvalue weighted by Gasteiger charge is -2.48. The molecule has 2 atom stereocenters. The molecule has 30 heavy (non-hydrogen) atoms. The third-order valence-corrected chi connectivity index (χ3v) is 6.51. The maximum absolute atomic E-state index is 12.1. The summed E-state index contributed by atoms with van der Waals surface area (Å²) >= 11 is 0. The Balaban J connectivity index is 1.65. The average molecular weight is 414 g/mol. The zero-order valence-corrected chi connectivity index (χ0v) is 19.2. The molecule has 6 nitrogen and oxygen atoms in total. The number of carbonyl (C=O) groups is 1. The van der Waals surface area contributed by atoms with Crippen LogP contribution in [0.4, 0.5) is 0 Å². The molecule has 1 aromatic rings. The Bertz CT molecular complexity index is 718. The fourth-order valence-electron chi connectivity index (χ4n) is 4.82. The van der Waals surface area contributed by atoms with Gasteiger partial charge in [0.15, 0.2) is 5.96 Å². The quantitative estimate of drug-likeness (QED) is 0.556. The summed E-state index contributed by atoms with van der Waals surface area (Å²) in [5.74, 6) is 1.66. The molecule has 6 heteroatoms. The van der Waals surface area contributed by atoms with Crippen molar-refractivity contribution in [2.24, 2.45) is 16.3 Å². The van der Waals surface area contributed by atoms with Crippen LogP contribution in [-0.2, 0) is 11.3 Å². The van der Waals surface area contributed by atoms with Crippen LogP contribution in [0.1, 0.15) is 45.6 Å². The Morgan fingerprint density at radius 1 is 1.20 bits per heavy atom. The first-order valence-electron chi connectivity index (χ1n) is 11.5. The second-order valence-electron chi connectivity index (χ2n) is 9.29. The zero-order chi connectivity index (χ0) is 21.6. The van der Waals surface area contributed by atoms with Crippen molar-refractivity contribution in [2.75, 3.05) is 39.8 Å². The number of nitrogens with one attached hydrogen (secondary N) is 2. The second-order valence-corrected chi connectivity index (χ2v) is 9.29. The van der Waals surface area contributed by atoms with Crippen molar-refractivity contribution >= 4 is 11.9 Å². The molecule has 2 N–H and O–H groups in total. The fourth-order valence-corrected chi connectivity index (χ4v) is 4.82. The lowest BCUT2D eigenvalue weighted by Crippen LogP contribution is -2.56. The molecule has 1 aromatic carbocycles. The molecule has 2 heterocycles. The van der Waals surface area contributed by atoms with E-state index < -0.39 is 5.41 Å². The highest BCUT2D eigenvalue weighted by Crippen LogP contribution is 2.31. The number of hydrogen-bond donors (Lipinski definition) is 2. The number of amides is 1. The summed E-state index contributed by atoms with van der Waals surface area (Å²) in [5, 5.41) is 6.21. The smallest absolute Gasteiger partial charge is 0.227 e. The van der Waals surface area contributed by atoms with Gasteiger partial charge in [-0.25, -0.2) is 0 Å². The third kappa shape index (κ3) is 5.54. The largest absolute Gasteiger partial charge is 0.359 e. The first-order chi connectivity index (χ1) is 14.4. The van der Waals surface area contributed by atoms with Gasteiger partial charge in [-0.3, -0.25) is 14.7 Å². The molecule has 0 saturated carbocycles. The number of guanidine groups is 1. The minimum Gasteiger partial charge on any atom is -0.359 e. The number of fused-ring (bicyclic) bond motifs is 1. The Morgan fingerprint density at radius 3 is 2.67 bits per heavy atom. The Morgan fingerprint density at radius 2 is 1.97 bits per heavy atom. The van der Waals surface area contributed by atoms with Crippen molar-refractivity contribution in [1.29, 1.82) is 0 Å². The highest BCUT2D eigenvalue weighted by molar-refractivity contribution is 5.83. The minimum atomic E-state index is -0.509. The van der Waals surface area contributed by atoms with Gasteiger partial charge in [0, 0.05) is 39.3 Å². The van der Waals surface area contributed by atoms with E-state index in [4.69, 9.17) is 4.99 Å². The lowest BCUT2D eigenvalue weighted by atomic mass is 9.83. The van der Waals surface area contributed by atoms with Crippen molar-refractivity contribution in [1.82, 2.24) is 20.4 Å². The predicted molar refractivity (Wildman–Crippen MR) is 123 cm³/mol. The molecule has 0 radical (unpaired) electrons. The number of carbonyl (C=O) groups excluding carboxylic acids is 1. The number of piperidine rings is 2. The third-order valence-electron chi connectivity index (χ3n) is 6.51. The van der Waals surface area contributed by atoms with Gasteiger partial charge in [0.2, 0.25) is 5.91 Å². The minimum absolute atomic E-state index is 0.0321. The van der Waals surface area contributed by atoms with Gasteiger partial charge in [0.25, 0.3) is 0 Å². The van der Waals surface area contributed by atoms with Crippen LogP contribution in [0.3, 0.4) is 0 Å². The van der Waals surface area contributed by atoms with Gasteiger partial charge in [-0.05, 0) is 58.1 Å². The van der Waals surface area contributed by atoms with E-state index in [-0.39, 0.29) is 5.91 Å². The zero-order valence-electron chi connectivity index (χ0n) is 19.2. The first-order valence-corrected chi connectivity index (χ1v) is 11.5. The maximum atomic E-state index is 12.1. The molecule has 1 amide bonds. The van der Waals surface area contributed by atoms with Crippen LogP contribution in [0.15, 0.2) is 35.3 Å². The summed E-state index contributed by atoms with van der Waals surface area (Å²) in [4.78, 5) is 22.1. The van der Waals surface area contributed by atoms with Crippen LogP contribution in [0.25, 0.3) is 0 Å². The van der Waals surface area contributed by atoms with Crippen molar-refractivity contribution in [3.05, 3.63) is 35.9 Å². The SMILES string of the molecule is CCNC(=NCC(C)(C)C(=O)NC)N1CCC2C(CCCN2Cc2ccccc2)C1. The van der Waals surface area contributed by atoms with E-state index in [0.29, 0.717) is 18.5 Å². The molecule has 3 rings (SSSR count). The number of hydrogen-bond acceptors (Lipinski definition) is 3. The van der Waals surface area contributed by atoms with Crippen molar-refractivity contribution in [3.63, 3.8) is 0 Å². The van der Waals surface area contributed by atoms with Crippen LogP contribution in [0.5, 0.6) is 0 Å². The summed E-state index contributed by atoms with van der Waals surface area (Å²) in [5.41, 5.74) is 0.900. The van der Waals surface area contributed by atoms with E-state index in [2.05, 4.69) is 57.7 Å². The fraction of sp³-hybridized carbons (Fsp3) is 0.667. The Labute approximate surface area is 182 Å². The number of likely N-dealkylation sites (tertiary alicyclic amines) is 2. The Hall–Kier alpha value is -2.08. The van der Waals surface area contributed by atoms with Crippen LogP contribution >= 0.6 is 0 Å². The van der Waals surface area contributed by atoms with Crippen molar-refractivity contribution in [2.45, 2.75) is 52.6 Å². The molecule has 0 spiro atoms. The number of nitrogens with zero attached hydrogens (tertiary/aromatic N) is 3. The molecule has 0 bridgehead atoms. The van der Waals surface area contributed by atoms with Gasteiger partial charge in [-0.15, -0.1) is 0 Å². The van der Waals surface area contributed by atoms with E-state index in [1.54, 1.807) is 7.05 Å². The molecule has 2 saturated heterocycles. The molecular formula is C24H39N5O. The van der Waals surface area contributed by atoms with Crippen LogP contribution in [-0.4, -0.2) is 67.5 Å². The average Bonchev–Trinajstić information content (AvgIpc) is 2.76. The molecule has 166 valence electrons. The molecule has 2 aliphatic heterocycles. The topological polar surface area (TPSA) is 60.0 Å². The standard InChI is InChI=1S/C24H39N5O/c1-5-26-23(27-18-24(2,3)22(30)25-4)29-15-13-21-20(17-29)12-9-14-28(21)16-19-10-7-6-8-11-19/h6-8,10-11,20-21H,5,9,12-18H2,1-4H3,(H,25,30)(H,26,27). The Kier molecular flexibility index (Phi) is 7.75. The number of benzene rings is 1.